The third kappa shape index (κ3) is 5.88. The van der Waals surface area contributed by atoms with Gasteiger partial charge in [-0.1, -0.05) is 27.7 Å². The van der Waals surface area contributed by atoms with Crippen LogP contribution in [0.3, 0.4) is 0 Å². The lowest BCUT2D eigenvalue weighted by atomic mass is 10.3. The molecule has 0 aliphatic carbocycles. The van der Waals surface area contributed by atoms with Gasteiger partial charge in [0, 0.05) is 38.3 Å². The van der Waals surface area contributed by atoms with E-state index in [-0.39, 0.29) is 11.8 Å². The second kappa shape index (κ2) is 8.21. The van der Waals surface area contributed by atoms with Gasteiger partial charge in [-0.15, -0.1) is 0 Å². The molecule has 0 atom stereocenters. The Bertz CT molecular complexity index is 291. The van der Waals surface area contributed by atoms with Crippen molar-refractivity contribution in [2.45, 2.75) is 39.8 Å². The van der Waals surface area contributed by atoms with Gasteiger partial charge in [0.25, 0.3) is 0 Å². The number of hydrogen-bond donors (Lipinski definition) is 2. The molecule has 0 bridgehead atoms. The molecule has 1 aliphatic rings. The summed E-state index contributed by atoms with van der Waals surface area (Å²) in [5.41, 5.74) is 0. The molecule has 1 fully saturated rings. The minimum atomic E-state index is 0.117. The summed E-state index contributed by atoms with van der Waals surface area (Å²) in [6.45, 7) is 11.4. The van der Waals surface area contributed by atoms with Crippen molar-refractivity contribution in [3.8, 4) is 0 Å². The van der Waals surface area contributed by atoms with E-state index in [0.29, 0.717) is 51.4 Å². The second-order valence-electron chi connectivity index (χ2n) is 5.83. The van der Waals surface area contributed by atoms with Gasteiger partial charge in [-0.3, -0.25) is 9.59 Å². The van der Waals surface area contributed by atoms with Crippen LogP contribution in [0.2, 0.25) is 0 Å². The molecule has 1 heterocycles. The maximum atomic E-state index is 11.9. The van der Waals surface area contributed by atoms with Gasteiger partial charge < -0.3 is 20.4 Å². The van der Waals surface area contributed by atoms with Crippen molar-refractivity contribution < 1.29 is 9.59 Å². The van der Waals surface area contributed by atoms with Crippen LogP contribution < -0.4 is 10.6 Å². The van der Waals surface area contributed by atoms with Gasteiger partial charge in [-0.2, -0.15) is 0 Å². The summed E-state index contributed by atoms with van der Waals surface area (Å²) in [7, 11) is 0. The topological polar surface area (TPSA) is 64.7 Å². The van der Waals surface area contributed by atoms with E-state index in [2.05, 4.69) is 10.6 Å². The average molecular weight is 284 g/mol. The number of rotatable bonds is 6. The van der Waals surface area contributed by atoms with Crippen molar-refractivity contribution in [1.82, 2.24) is 20.4 Å². The lowest BCUT2D eigenvalue weighted by Gasteiger charge is -2.35. The van der Waals surface area contributed by atoms with E-state index < -0.39 is 0 Å². The predicted octanol–water partition coefficient (Wildman–Crippen LogP) is -0.347. The molecule has 6 heteroatoms. The number of piperazine rings is 1. The Labute approximate surface area is 121 Å². The smallest absolute Gasteiger partial charge is 0.236 e. The maximum Gasteiger partial charge on any atom is 0.236 e. The fourth-order valence-electron chi connectivity index (χ4n) is 2.01. The number of carbonyl (C=O) groups is 2. The SMILES string of the molecule is CC(C)NCC(=O)N1CCN(C(=O)CNC(C)C)CC1. The molecule has 116 valence electrons. The van der Waals surface area contributed by atoms with E-state index in [1.54, 1.807) is 0 Å². The van der Waals surface area contributed by atoms with Gasteiger partial charge in [0.2, 0.25) is 11.8 Å². The fraction of sp³-hybridized carbons (Fsp3) is 0.857. The summed E-state index contributed by atoms with van der Waals surface area (Å²) in [5, 5.41) is 6.26. The molecule has 1 aliphatic heterocycles. The normalized spacial score (nSPS) is 16.1. The van der Waals surface area contributed by atoms with Crippen LogP contribution in [-0.4, -0.2) is 73.0 Å². The highest BCUT2D eigenvalue weighted by Gasteiger charge is 2.23. The highest BCUT2D eigenvalue weighted by atomic mass is 16.2. The molecule has 0 unspecified atom stereocenters. The van der Waals surface area contributed by atoms with E-state index in [1.807, 2.05) is 37.5 Å². The Morgan fingerprint density at radius 1 is 0.800 bits per heavy atom. The van der Waals surface area contributed by atoms with Gasteiger partial charge in [0.1, 0.15) is 0 Å². The Hall–Kier alpha value is -1.14. The Morgan fingerprint density at radius 3 is 1.35 bits per heavy atom. The Balaban J connectivity index is 2.28. The predicted molar refractivity (Wildman–Crippen MR) is 79.4 cm³/mol. The first-order valence-corrected chi connectivity index (χ1v) is 7.42. The number of amides is 2. The van der Waals surface area contributed by atoms with Crippen molar-refractivity contribution in [2.75, 3.05) is 39.3 Å². The minimum absolute atomic E-state index is 0.117. The molecule has 2 amide bonds. The number of nitrogens with zero attached hydrogens (tertiary/aromatic N) is 2. The molecule has 0 radical (unpaired) electrons. The monoisotopic (exact) mass is 284 g/mol. The van der Waals surface area contributed by atoms with Crippen molar-refractivity contribution in [1.29, 1.82) is 0 Å². The molecule has 20 heavy (non-hydrogen) atoms. The van der Waals surface area contributed by atoms with E-state index in [1.165, 1.54) is 0 Å². The third-order valence-corrected chi connectivity index (χ3v) is 3.31. The Kier molecular flexibility index (Phi) is 6.95. The van der Waals surface area contributed by atoms with Gasteiger partial charge in [-0.05, 0) is 0 Å². The zero-order chi connectivity index (χ0) is 15.1. The highest BCUT2D eigenvalue weighted by molar-refractivity contribution is 5.80. The maximum absolute atomic E-state index is 11.9. The fourth-order valence-corrected chi connectivity index (χ4v) is 2.01. The zero-order valence-electron chi connectivity index (χ0n) is 13.1. The molecule has 0 saturated carbocycles. The van der Waals surface area contributed by atoms with Crippen molar-refractivity contribution in [2.24, 2.45) is 0 Å². The largest absolute Gasteiger partial charge is 0.338 e. The molecular weight excluding hydrogens is 256 g/mol. The molecule has 0 aromatic rings. The average Bonchev–Trinajstić information content (AvgIpc) is 2.42. The van der Waals surface area contributed by atoms with Crippen LogP contribution in [0.15, 0.2) is 0 Å². The molecule has 1 rings (SSSR count). The van der Waals surface area contributed by atoms with E-state index in [0.717, 1.165) is 0 Å². The van der Waals surface area contributed by atoms with E-state index in [9.17, 15) is 9.59 Å². The number of hydrogen-bond acceptors (Lipinski definition) is 4. The third-order valence-electron chi connectivity index (χ3n) is 3.31. The van der Waals surface area contributed by atoms with E-state index >= 15 is 0 Å². The summed E-state index contributed by atoms with van der Waals surface area (Å²) in [6, 6.07) is 0.618. The first-order chi connectivity index (χ1) is 9.40. The van der Waals surface area contributed by atoms with Crippen molar-refractivity contribution in [3.63, 3.8) is 0 Å². The van der Waals surface area contributed by atoms with Gasteiger partial charge in [0.05, 0.1) is 13.1 Å². The van der Waals surface area contributed by atoms with Gasteiger partial charge in [0.15, 0.2) is 0 Å². The van der Waals surface area contributed by atoms with Gasteiger partial charge in [-0.25, -0.2) is 0 Å². The summed E-state index contributed by atoms with van der Waals surface area (Å²) >= 11 is 0. The van der Waals surface area contributed by atoms with Crippen molar-refractivity contribution >= 4 is 11.8 Å². The standard InChI is InChI=1S/C14H28N4O2/c1-11(2)15-9-13(19)17-5-7-18(8-6-17)14(20)10-16-12(3)4/h11-12,15-16H,5-10H2,1-4H3. The van der Waals surface area contributed by atoms with Gasteiger partial charge >= 0.3 is 0 Å². The van der Waals surface area contributed by atoms with Crippen LogP contribution >= 0.6 is 0 Å². The lowest BCUT2D eigenvalue weighted by molar-refractivity contribution is -0.138. The number of carbonyl (C=O) groups excluding carboxylic acids is 2. The molecule has 0 aromatic heterocycles. The first-order valence-electron chi connectivity index (χ1n) is 7.42. The highest BCUT2D eigenvalue weighted by Crippen LogP contribution is 2.02. The molecule has 0 aromatic carbocycles. The van der Waals surface area contributed by atoms with E-state index in [4.69, 9.17) is 0 Å². The summed E-state index contributed by atoms with van der Waals surface area (Å²) in [6.07, 6.45) is 0. The summed E-state index contributed by atoms with van der Waals surface area (Å²) in [4.78, 5) is 27.5. The molecule has 2 N–H and O–H groups in total. The van der Waals surface area contributed by atoms with Crippen LogP contribution in [0.5, 0.6) is 0 Å². The quantitative estimate of drug-likeness (QED) is 0.700. The van der Waals surface area contributed by atoms with Crippen LogP contribution in [0.25, 0.3) is 0 Å². The molecule has 1 saturated heterocycles. The minimum Gasteiger partial charge on any atom is -0.338 e. The first kappa shape index (κ1) is 16.9. The van der Waals surface area contributed by atoms with Crippen LogP contribution in [0.4, 0.5) is 0 Å². The molecule has 0 spiro atoms. The van der Waals surface area contributed by atoms with Crippen LogP contribution in [0.1, 0.15) is 27.7 Å². The lowest BCUT2D eigenvalue weighted by Crippen LogP contribution is -2.54. The Morgan fingerprint density at radius 2 is 1.10 bits per heavy atom. The van der Waals surface area contributed by atoms with Crippen molar-refractivity contribution in [3.05, 3.63) is 0 Å². The summed E-state index contributed by atoms with van der Waals surface area (Å²) < 4.78 is 0. The van der Waals surface area contributed by atoms with Crippen LogP contribution in [0, 0.1) is 0 Å². The van der Waals surface area contributed by atoms with Crippen LogP contribution in [-0.2, 0) is 9.59 Å². The summed E-state index contributed by atoms with van der Waals surface area (Å²) in [5.74, 6) is 0.234. The molecular formula is C14H28N4O2. The number of nitrogens with one attached hydrogen (secondary N) is 2. The zero-order valence-corrected chi connectivity index (χ0v) is 13.1. The molecule has 6 nitrogen and oxygen atoms in total. The second-order valence-corrected chi connectivity index (χ2v) is 5.83.